The molecular weight excluding hydrogens is 276 g/mol. The maximum absolute atomic E-state index is 13.5. The third kappa shape index (κ3) is 4.57. The molecule has 1 rings (SSSR count). The van der Waals surface area contributed by atoms with Crippen LogP contribution in [-0.2, 0) is 10.8 Å². The number of anilines is 1. The van der Waals surface area contributed by atoms with E-state index >= 15 is 0 Å². The molecule has 1 aromatic carbocycles. The van der Waals surface area contributed by atoms with Gasteiger partial charge in [-0.25, -0.2) is 8.78 Å². The van der Waals surface area contributed by atoms with E-state index in [4.69, 9.17) is 5.73 Å². The molecule has 1 unspecified atom stereocenters. The molecule has 2 nitrogen and oxygen atoms in total. The zero-order valence-corrected chi connectivity index (χ0v) is 12.3. The summed E-state index contributed by atoms with van der Waals surface area (Å²) in [6.45, 7) is 6.10. The molecule has 0 aliphatic heterocycles. The van der Waals surface area contributed by atoms with Crippen LogP contribution in [0.15, 0.2) is 17.0 Å². The van der Waals surface area contributed by atoms with Crippen molar-refractivity contribution in [1.29, 1.82) is 0 Å². The van der Waals surface area contributed by atoms with Crippen LogP contribution in [0, 0.1) is 11.6 Å². The van der Waals surface area contributed by atoms with E-state index in [0.717, 1.165) is 12.1 Å². The van der Waals surface area contributed by atoms with E-state index in [1.165, 1.54) is 0 Å². The summed E-state index contributed by atoms with van der Waals surface area (Å²) >= 11 is 1.61. The van der Waals surface area contributed by atoms with Crippen molar-refractivity contribution in [3.63, 3.8) is 0 Å². The van der Waals surface area contributed by atoms with Crippen molar-refractivity contribution in [3.05, 3.63) is 23.8 Å². The Bertz CT molecular complexity index is 435. The van der Waals surface area contributed by atoms with E-state index in [1.54, 1.807) is 11.8 Å². The van der Waals surface area contributed by atoms with E-state index in [1.807, 2.05) is 20.8 Å². The van der Waals surface area contributed by atoms with Gasteiger partial charge < -0.3 is 5.73 Å². The number of hydrogen-bond acceptors (Lipinski definition) is 3. The third-order valence-corrected chi connectivity index (χ3v) is 5.01. The van der Waals surface area contributed by atoms with Crippen LogP contribution in [0.5, 0.6) is 0 Å². The van der Waals surface area contributed by atoms with Crippen molar-refractivity contribution >= 4 is 28.2 Å². The van der Waals surface area contributed by atoms with Crippen LogP contribution in [0.2, 0.25) is 0 Å². The molecule has 2 N–H and O–H groups in total. The van der Waals surface area contributed by atoms with Crippen molar-refractivity contribution in [2.45, 2.75) is 30.4 Å². The van der Waals surface area contributed by atoms with Gasteiger partial charge in [0.1, 0.15) is 16.5 Å². The molecule has 0 aromatic heterocycles. The highest BCUT2D eigenvalue weighted by molar-refractivity contribution is 8.01. The van der Waals surface area contributed by atoms with Crippen LogP contribution >= 0.6 is 11.8 Å². The number of nitrogen functional groups attached to an aromatic ring is 1. The first-order chi connectivity index (χ1) is 8.20. The second-order valence-corrected chi connectivity index (χ2v) is 8.25. The summed E-state index contributed by atoms with van der Waals surface area (Å²) in [5, 5.41) is 0. The van der Waals surface area contributed by atoms with Crippen LogP contribution in [0.4, 0.5) is 14.5 Å². The van der Waals surface area contributed by atoms with Gasteiger partial charge in [-0.1, -0.05) is 20.8 Å². The molecule has 0 bridgehead atoms. The molecule has 0 spiro atoms. The normalized spacial score (nSPS) is 13.6. The molecule has 102 valence electrons. The zero-order chi connectivity index (χ0) is 13.9. The van der Waals surface area contributed by atoms with Gasteiger partial charge in [-0.15, -0.1) is 0 Å². The van der Waals surface area contributed by atoms with Crippen LogP contribution in [0.1, 0.15) is 20.8 Å². The van der Waals surface area contributed by atoms with Crippen molar-refractivity contribution in [2.75, 3.05) is 17.2 Å². The molecule has 0 aliphatic carbocycles. The number of nitrogens with two attached hydrogens (primary N) is 1. The van der Waals surface area contributed by atoms with E-state index in [9.17, 15) is 13.0 Å². The summed E-state index contributed by atoms with van der Waals surface area (Å²) < 4.78 is 38.9. The maximum atomic E-state index is 13.5. The Balaban J connectivity index is 2.74. The van der Waals surface area contributed by atoms with Gasteiger partial charge in [0.15, 0.2) is 0 Å². The predicted octanol–water partition coefficient (Wildman–Crippen LogP) is 3.19. The standard InChI is InChI=1S/C12H17F2NOS2/c1-12(2,3)17-4-5-18(16)11-9(13)6-8(15)7-10(11)14/h6-7H,4-5,15H2,1-3H3. The fraction of sp³-hybridized carbons (Fsp3) is 0.500. The molecule has 1 atom stereocenters. The molecule has 0 heterocycles. The van der Waals surface area contributed by atoms with Gasteiger partial charge in [0.2, 0.25) is 0 Å². The summed E-state index contributed by atoms with van der Waals surface area (Å²) in [4.78, 5) is -0.376. The molecular formula is C12H17F2NOS2. The first-order valence-corrected chi connectivity index (χ1v) is 7.78. The Hall–Kier alpha value is -0.620. The molecule has 0 amide bonds. The largest absolute Gasteiger partial charge is 0.399 e. The van der Waals surface area contributed by atoms with Crippen LogP contribution in [0.3, 0.4) is 0 Å². The Morgan fingerprint density at radius 3 is 2.22 bits per heavy atom. The summed E-state index contributed by atoms with van der Waals surface area (Å²) in [5.41, 5.74) is 5.30. The van der Waals surface area contributed by atoms with Gasteiger partial charge in [-0.05, 0) is 12.1 Å². The lowest BCUT2D eigenvalue weighted by atomic mass is 10.3. The van der Waals surface area contributed by atoms with Gasteiger partial charge in [0.25, 0.3) is 0 Å². The molecule has 18 heavy (non-hydrogen) atoms. The molecule has 6 heteroatoms. The van der Waals surface area contributed by atoms with Gasteiger partial charge in [-0.2, -0.15) is 11.8 Å². The molecule has 1 aromatic rings. The first-order valence-electron chi connectivity index (χ1n) is 5.47. The number of rotatable bonds is 4. The Labute approximate surface area is 113 Å². The smallest absolute Gasteiger partial charge is 0.144 e. The molecule has 0 saturated heterocycles. The van der Waals surface area contributed by atoms with Crippen molar-refractivity contribution in [2.24, 2.45) is 0 Å². The minimum absolute atomic E-state index is 0.00480. The van der Waals surface area contributed by atoms with E-state index in [2.05, 4.69) is 0 Å². The SMILES string of the molecule is CC(C)(C)SCCS(=O)c1c(F)cc(N)cc1F. The predicted molar refractivity (Wildman–Crippen MR) is 74.3 cm³/mol. The lowest BCUT2D eigenvalue weighted by molar-refractivity contribution is 0.536. The lowest BCUT2D eigenvalue weighted by Gasteiger charge is -2.17. The topological polar surface area (TPSA) is 43.1 Å². The highest BCUT2D eigenvalue weighted by Crippen LogP contribution is 2.25. The zero-order valence-electron chi connectivity index (χ0n) is 10.6. The molecule has 0 saturated carbocycles. The average Bonchev–Trinajstić information content (AvgIpc) is 2.13. The van der Waals surface area contributed by atoms with E-state index in [-0.39, 0.29) is 21.1 Å². The first kappa shape index (κ1) is 15.4. The summed E-state index contributed by atoms with van der Waals surface area (Å²) in [6.07, 6.45) is 0. The number of halogens is 2. The second kappa shape index (κ2) is 6.02. The number of benzene rings is 1. The highest BCUT2D eigenvalue weighted by Gasteiger charge is 2.18. The minimum Gasteiger partial charge on any atom is -0.399 e. The van der Waals surface area contributed by atoms with Gasteiger partial charge in [0, 0.05) is 21.9 Å². The van der Waals surface area contributed by atoms with Crippen molar-refractivity contribution < 1.29 is 13.0 Å². The van der Waals surface area contributed by atoms with Crippen molar-refractivity contribution in [1.82, 2.24) is 0 Å². The summed E-state index contributed by atoms with van der Waals surface area (Å²) in [5.74, 6) is -0.878. The number of thioether (sulfide) groups is 1. The third-order valence-electron chi connectivity index (χ3n) is 2.05. The molecule has 0 radical (unpaired) electrons. The van der Waals surface area contributed by atoms with Gasteiger partial charge >= 0.3 is 0 Å². The summed E-state index contributed by atoms with van der Waals surface area (Å²) in [7, 11) is -1.68. The quantitative estimate of drug-likeness (QED) is 0.867. The minimum atomic E-state index is -1.68. The monoisotopic (exact) mass is 293 g/mol. The Kier molecular flexibility index (Phi) is 5.16. The average molecular weight is 293 g/mol. The summed E-state index contributed by atoms with van der Waals surface area (Å²) in [6, 6.07) is 1.99. The van der Waals surface area contributed by atoms with Crippen LogP contribution in [-0.4, -0.2) is 20.5 Å². The fourth-order valence-electron chi connectivity index (χ4n) is 1.32. The second-order valence-electron chi connectivity index (χ2n) is 4.82. The molecule has 0 fully saturated rings. The van der Waals surface area contributed by atoms with Gasteiger partial charge in [0.05, 0.1) is 10.8 Å². The van der Waals surface area contributed by atoms with Crippen molar-refractivity contribution in [3.8, 4) is 0 Å². The van der Waals surface area contributed by atoms with Crippen LogP contribution < -0.4 is 5.73 Å². The Morgan fingerprint density at radius 2 is 1.78 bits per heavy atom. The Morgan fingerprint density at radius 1 is 1.28 bits per heavy atom. The fourth-order valence-corrected chi connectivity index (χ4v) is 3.63. The van der Waals surface area contributed by atoms with Crippen LogP contribution in [0.25, 0.3) is 0 Å². The van der Waals surface area contributed by atoms with Gasteiger partial charge in [-0.3, -0.25) is 4.21 Å². The van der Waals surface area contributed by atoms with E-state index in [0.29, 0.717) is 5.75 Å². The number of hydrogen-bond donors (Lipinski definition) is 1. The highest BCUT2D eigenvalue weighted by atomic mass is 32.2. The molecule has 0 aliphatic rings. The van der Waals surface area contributed by atoms with E-state index < -0.39 is 22.4 Å². The lowest BCUT2D eigenvalue weighted by Crippen LogP contribution is -2.12. The maximum Gasteiger partial charge on any atom is 0.144 e.